The van der Waals surface area contributed by atoms with Gasteiger partial charge in [-0.3, -0.25) is 9.59 Å². The largest absolute Gasteiger partial charge is 0.337 e. The van der Waals surface area contributed by atoms with Crippen LogP contribution in [0.4, 0.5) is 4.39 Å². The second-order valence-corrected chi connectivity index (χ2v) is 7.31. The summed E-state index contributed by atoms with van der Waals surface area (Å²) < 4.78 is 13.0. The number of halogens is 1. The molecule has 1 atom stereocenters. The van der Waals surface area contributed by atoms with Crippen molar-refractivity contribution < 1.29 is 14.0 Å². The molecule has 1 aliphatic rings. The van der Waals surface area contributed by atoms with Gasteiger partial charge < -0.3 is 15.5 Å². The molecule has 24 heavy (non-hydrogen) atoms. The summed E-state index contributed by atoms with van der Waals surface area (Å²) in [6, 6.07) is 5.00. The van der Waals surface area contributed by atoms with Crippen molar-refractivity contribution in [3.8, 4) is 0 Å². The van der Waals surface area contributed by atoms with Gasteiger partial charge in [-0.15, -0.1) is 0 Å². The third-order valence-electron chi connectivity index (χ3n) is 4.55. The average Bonchev–Trinajstić information content (AvgIpc) is 2.52. The van der Waals surface area contributed by atoms with Gasteiger partial charge in [0.2, 0.25) is 5.91 Å². The van der Waals surface area contributed by atoms with Crippen LogP contribution < -0.4 is 5.73 Å². The number of carbonyl (C=O) groups is 2. The van der Waals surface area contributed by atoms with E-state index in [4.69, 9.17) is 5.73 Å². The number of nitrogens with zero attached hydrogens (tertiary/aromatic N) is 2. The molecule has 2 amide bonds. The Kier molecular flexibility index (Phi) is 5.28. The monoisotopic (exact) mass is 335 g/mol. The van der Waals surface area contributed by atoms with E-state index >= 15 is 0 Å². The second-order valence-electron chi connectivity index (χ2n) is 7.31. The van der Waals surface area contributed by atoms with E-state index in [0.717, 1.165) is 0 Å². The first kappa shape index (κ1) is 18.4. The van der Waals surface area contributed by atoms with Crippen LogP contribution in [0.1, 0.15) is 38.1 Å². The van der Waals surface area contributed by atoms with Crippen LogP contribution in [0.3, 0.4) is 0 Å². The lowest BCUT2D eigenvalue weighted by Crippen LogP contribution is -2.64. The standard InChI is InChI=1S/C18H26FN3O2/c1-12(2)15(20)17(24)21-9-10-22(18(3,4)11-21)16(23)13-5-7-14(19)8-6-13/h5-8,12,15H,9-11,20H2,1-4H3/t15-/m0/s1. The van der Waals surface area contributed by atoms with Gasteiger partial charge in [-0.05, 0) is 44.0 Å². The van der Waals surface area contributed by atoms with Gasteiger partial charge in [-0.2, -0.15) is 0 Å². The lowest BCUT2D eigenvalue weighted by Gasteiger charge is -2.47. The maximum Gasteiger partial charge on any atom is 0.254 e. The first-order valence-electron chi connectivity index (χ1n) is 8.25. The Balaban J connectivity index is 2.12. The Morgan fingerprint density at radius 1 is 1.17 bits per heavy atom. The minimum atomic E-state index is -0.528. The van der Waals surface area contributed by atoms with E-state index in [-0.39, 0.29) is 23.5 Å². The van der Waals surface area contributed by atoms with Gasteiger partial charge in [-0.1, -0.05) is 13.8 Å². The highest BCUT2D eigenvalue weighted by Gasteiger charge is 2.39. The minimum Gasteiger partial charge on any atom is -0.337 e. The topological polar surface area (TPSA) is 66.6 Å². The zero-order valence-corrected chi connectivity index (χ0v) is 14.8. The van der Waals surface area contributed by atoms with E-state index in [2.05, 4.69) is 0 Å². The molecule has 0 spiro atoms. The SMILES string of the molecule is CC(C)[C@H](N)C(=O)N1CCN(C(=O)c2ccc(F)cc2)C(C)(C)C1. The molecular weight excluding hydrogens is 309 g/mol. The summed E-state index contributed by atoms with van der Waals surface area (Å²) in [5, 5.41) is 0. The molecule has 2 N–H and O–H groups in total. The summed E-state index contributed by atoms with van der Waals surface area (Å²) in [6.45, 7) is 9.00. The van der Waals surface area contributed by atoms with E-state index in [0.29, 0.717) is 25.2 Å². The first-order valence-corrected chi connectivity index (χ1v) is 8.25. The lowest BCUT2D eigenvalue weighted by molar-refractivity contribution is -0.137. The fourth-order valence-electron chi connectivity index (χ4n) is 2.96. The lowest BCUT2D eigenvalue weighted by atomic mass is 9.95. The van der Waals surface area contributed by atoms with Gasteiger partial charge in [-0.25, -0.2) is 4.39 Å². The summed E-state index contributed by atoms with van der Waals surface area (Å²) in [6.07, 6.45) is 0. The molecule has 0 bridgehead atoms. The summed E-state index contributed by atoms with van der Waals surface area (Å²) in [5.74, 6) is -0.532. The van der Waals surface area contributed by atoms with Crippen molar-refractivity contribution in [1.29, 1.82) is 0 Å². The average molecular weight is 335 g/mol. The molecule has 1 aromatic carbocycles. The fourth-order valence-corrected chi connectivity index (χ4v) is 2.96. The van der Waals surface area contributed by atoms with Crippen molar-refractivity contribution in [3.63, 3.8) is 0 Å². The third kappa shape index (κ3) is 3.75. The quantitative estimate of drug-likeness (QED) is 0.917. The van der Waals surface area contributed by atoms with E-state index in [9.17, 15) is 14.0 Å². The second kappa shape index (κ2) is 6.89. The molecule has 132 valence electrons. The number of piperazine rings is 1. The van der Waals surface area contributed by atoms with Crippen LogP contribution >= 0.6 is 0 Å². The van der Waals surface area contributed by atoms with E-state index in [1.165, 1.54) is 24.3 Å². The number of nitrogens with two attached hydrogens (primary N) is 1. The maximum absolute atomic E-state index is 13.0. The van der Waals surface area contributed by atoms with Gasteiger partial charge in [0.25, 0.3) is 5.91 Å². The Labute approximate surface area is 142 Å². The van der Waals surface area contributed by atoms with Crippen LogP contribution in [0, 0.1) is 11.7 Å². The molecule has 0 unspecified atom stereocenters. The van der Waals surface area contributed by atoms with Crippen LogP contribution in [0.5, 0.6) is 0 Å². The Hall–Kier alpha value is -1.95. The summed E-state index contributed by atoms with van der Waals surface area (Å²) >= 11 is 0. The van der Waals surface area contributed by atoms with Gasteiger partial charge in [0.1, 0.15) is 5.82 Å². The highest BCUT2D eigenvalue weighted by molar-refractivity contribution is 5.95. The smallest absolute Gasteiger partial charge is 0.254 e. The zero-order chi connectivity index (χ0) is 18.1. The van der Waals surface area contributed by atoms with Crippen LogP contribution in [-0.4, -0.2) is 52.8 Å². The van der Waals surface area contributed by atoms with Gasteiger partial charge in [0.05, 0.1) is 11.6 Å². The molecule has 1 aromatic rings. The molecular formula is C18H26FN3O2. The zero-order valence-electron chi connectivity index (χ0n) is 14.8. The third-order valence-corrected chi connectivity index (χ3v) is 4.55. The molecule has 5 nitrogen and oxygen atoms in total. The maximum atomic E-state index is 13.0. The summed E-state index contributed by atoms with van der Waals surface area (Å²) in [5.41, 5.74) is 5.90. The molecule has 1 fully saturated rings. The molecule has 1 aliphatic heterocycles. The van der Waals surface area contributed by atoms with Crippen molar-refractivity contribution in [3.05, 3.63) is 35.6 Å². The van der Waals surface area contributed by atoms with E-state index in [1.54, 1.807) is 9.80 Å². The fraction of sp³-hybridized carbons (Fsp3) is 0.556. The molecule has 2 rings (SSSR count). The van der Waals surface area contributed by atoms with Gasteiger partial charge in [0.15, 0.2) is 0 Å². The van der Waals surface area contributed by atoms with Crippen LogP contribution in [0.25, 0.3) is 0 Å². The molecule has 0 saturated carbocycles. The number of benzene rings is 1. The van der Waals surface area contributed by atoms with E-state index in [1.807, 2.05) is 27.7 Å². The molecule has 1 saturated heterocycles. The normalized spacial score (nSPS) is 18.6. The number of hydrogen-bond donors (Lipinski definition) is 1. The molecule has 6 heteroatoms. The summed E-state index contributed by atoms with van der Waals surface area (Å²) in [7, 11) is 0. The predicted octanol–water partition coefficient (Wildman–Crippen LogP) is 1.87. The Bertz CT molecular complexity index is 613. The first-order chi connectivity index (χ1) is 11.1. The number of rotatable bonds is 3. The van der Waals surface area contributed by atoms with Crippen LogP contribution in [0.15, 0.2) is 24.3 Å². The van der Waals surface area contributed by atoms with Gasteiger partial charge >= 0.3 is 0 Å². The Morgan fingerprint density at radius 2 is 1.75 bits per heavy atom. The molecule has 0 aromatic heterocycles. The number of hydrogen-bond acceptors (Lipinski definition) is 3. The number of carbonyl (C=O) groups excluding carboxylic acids is 2. The van der Waals surface area contributed by atoms with Crippen molar-refractivity contribution in [2.45, 2.75) is 39.3 Å². The van der Waals surface area contributed by atoms with Gasteiger partial charge in [0, 0.05) is 25.2 Å². The van der Waals surface area contributed by atoms with Crippen molar-refractivity contribution in [2.75, 3.05) is 19.6 Å². The highest BCUT2D eigenvalue weighted by Crippen LogP contribution is 2.24. The van der Waals surface area contributed by atoms with Crippen molar-refractivity contribution >= 4 is 11.8 Å². The molecule has 0 radical (unpaired) electrons. The predicted molar refractivity (Wildman–Crippen MR) is 90.9 cm³/mol. The van der Waals surface area contributed by atoms with E-state index < -0.39 is 11.6 Å². The summed E-state index contributed by atoms with van der Waals surface area (Å²) in [4.78, 5) is 28.7. The number of amides is 2. The molecule has 1 heterocycles. The minimum absolute atomic E-state index is 0.0690. The van der Waals surface area contributed by atoms with Crippen molar-refractivity contribution in [1.82, 2.24) is 9.80 Å². The van der Waals surface area contributed by atoms with Crippen molar-refractivity contribution in [2.24, 2.45) is 11.7 Å². The van der Waals surface area contributed by atoms with Crippen LogP contribution in [0.2, 0.25) is 0 Å². The Morgan fingerprint density at radius 3 is 2.25 bits per heavy atom. The van der Waals surface area contributed by atoms with Crippen LogP contribution in [-0.2, 0) is 4.79 Å². The molecule has 0 aliphatic carbocycles. The highest BCUT2D eigenvalue weighted by atomic mass is 19.1.